The third kappa shape index (κ3) is 3.20. The van der Waals surface area contributed by atoms with Crippen LogP contribution in [0.2, 0.25) is 0 Å². The minimum absolute atomic E-state index is 0.0776. The fourth-order valence-electron chi connectivity index (χ4n) is 2.81. The molecular formula is C18H13F3N6O. The van der Waals surface area contributed by atoms with Gasteiger partial charge in [0, 0.05) is 18.8 Å². The summed E-state index contributed by atoms with van der Waals surface area (Å²) >= 11 is 0. The smallest absolute Gasteiger partial charge is 0.318 e. The maximum absolute atomic E-state index is 13.3. The Bertz CT molecular complexity index is 1180. The van der Waals surface area contributed by atoms with Gasteiger partial charge in [0.2, 0.25) is 0 Å². The molecule has 0 radical (unpaired) electrons. The number of aromatic nitrogens is 5. The molecule has 0 atom stereocenters. The second-order valence-corrected chi connectivity index (χ2v) is 6.03. The summed E-state index contributed by atoms with van der Waals surface area (Å²) in [6, 6.07) is 8.09. The lowest BCUT2D eigenvalue weighted by molar-refractivity contribution is -0.137. The molecule has 0 aliphatic carbocycles. The second-order valence-electron chi connectivity index (χ2n) is 6.03. The van der Waals surface area contributed by atoms with Gasteiger partial charge in [0.15, 0.2) is 11.3 Å². The Labute approximate surface area is 156 Å². The monoisotopic (exact) mass is 386 g/mol. The molecule has 0 aliphatic rings. The molecule has 1 N–H and O–H groups in total. The Morgan fingerprint density at radius 1 is 1.11 bits per heavy atom. The van der Waals surface area contributed by atoms with Crippen LogP contribution in [0, 0.1) is 0 Å². The van der Waals surface area contributed by atoms with Crippen LogP contribution >= 0.6 is 0 Å². The van der Waals surface area contributed by atoms with E-state index in [0.717, 1.165) is 6.07 Å². The molecule has 1 aromatic carbocycles. The minimum Gasteiger partial charge on any atom is -0.318 e. The number of alkyl halides is 3. The van der Waals surface area contributed by atoms with E-state index in [1.165, 1.54) is 51.9 Å². The van der Waals surface area contributed by atoms with Gasteiger partial charge in [0.25, 0.3) is 5.91 Å². The second kappa shape index (κ2) is 6.48. The van der Waals surface area contributed by atoms with Crippen molar-refractivity contribution < 1.29 is 18.0 Å². The van der Waals surface area contributed by atoms with Gasteiger partial charge in [0.1, 0.15) is 0 Å². The largest absolute Gasteiger partial charge is 0.417 e. The Kier molecular flexibility index (Phi) is 4.10. The van der Waals surface area contributed by atoms with E-state index in [0.29, 0.717) is 11.3 Å². The lowest BCUT2D eigenvalue weighted by Crippen LogP contribution is -2.15. The molecule has 3 aromatic heterocycles. The quantitative estimate of drug-likeness (QED) is 0.586. The number of hydrogen-bond acceptors (Lipinski definition) is 4. The van der Waals surface area contributed by atoms with E-state index < -0.39 is 17.6 Å². The van der Waals surface area contributed by atoms with E-state index in [9.17, 15) is 18.0 Å². The molecule has 4 aromatic rings. The molecule has 0 spiro atoms. The number of nitrogens with one attached hydrogen (secondary N) is 1. The van der Waals surface area contributed by atoms with Crippen LogP contribution in [0.25, 0.3) is 16.9 Å². The van der Waals surface area contributed by atoms with Gasteiger partial charge in [-0.25, -0.2) is 9.50 Å². The molecule has 0 saturated carbocycles. The van der Waals surface area contributed by atoms with Crippen LogP contribution < -0.4 is 5.32 Å². The van der Waals surface area contributed by atoms with Crippen LogP contribution in [0.3, 0.4) is 0 Å². The van der Waals surface area contributed by atoms with Gasteiger partial charge < -0.3 is 5.32 Å². The van der Waals surface area contributed by atoms with E-state index in [1.54, 1.807) is 13.2 Å². The van der Waals surface area contributed by atoms with Gasteiger partial charge in [-0.2, -0.15) is 23.4 Å². The predicted molar refractivity (Wildman–Crippen MR) is 94.6 cm³/mol. The van der Waals surface area contributed by atoms with Crippen LogP contribution in [0.4, 0.5) is 18.9 Å². The number of amides is 1. The Morgan fingerprint density at radius 2 is 1.89 bits per heavy atom. The van der Waals surface area contributed by atoms with Gasteiger partial charge in [-0.1, -0.05) is 18.2 Å². The standard InChI is InChI=1S/C18H13F3N6O/c1-26-10-11(8-23-26)24-17(28)15-9-22-16-7-6-14(25-27(15)16)12-4-2-3-5-13(12)18(19,20)21/h2-10H,1H3,(H,24,28). The fraction of sp³-hybridized carbons (Fsp3) is 0.111. The number of rotatable bonds is 3. The highest BCUT2D eigenvalue weighted by Crippen LogP contribution is 2.36. The summed E-state index contributed by atoms with van der Waals surface area (Å²) in [4.78, 5) is 16.6. The third-order valence-corrected chi connectivity index (χ3v) is 4.07. The normalized spacial score (nSPS) is 11.7. The average molecular weight is 386 g/mol. The molecule has 3 heterocycles. The van der Waals surface area contributed by atoms with Crippen molar-refractivity contribution in [3.8, 4) is 11.3 Å². The summed E-state index contributed by atoms with van der Waals surface area (Å²) in [6.07, 6.45) is -0.130. The molecule has 4 rings (SSSR count). The van der Waals surface area contributed by atoms with Gasteiger partial charge in [-0.3, -0.25) is 9.48 Å². The number of hydrogen-bond donors (Lipinski definition) is 1. The van der Waals surface area contributed by atoms with Crippen LogP contribution in [0.1, 0.15) is 16.1 Å². The molecule has 10 heteroatoms. The van der Waals surface area contributed by atoms with Crippen LogP contribution in [0.15, 0.2) is 55.0 Å². The van der Waals surface area contributed by atoms with Crippen LogP contribution in [-0.4, -0.2) is 30.3 Å². The Hall–Kier alpha value is -3.69. The first kappa shape index (κ1) is 17.7. The predicted octanol–water partition coefficient (Wildman–Crippen LogP) is 3.40. The van der Waals surface area contributed by atoms with Crippen molar-refractivity contribution >= 4 is 17.2 Å². The first-order chi connectivity index (χ1) is 13.3. The van der Waals surface area contributed by atoms with E-state index in [4.69, 9.17) is 0 Å². The SMILES string of the molecule is Cn1cc(NC(=O)c2cnc3ccc(-c4ccccc4C(F)(F)F)nn23)cn1. The van der Waals surface area contributed by atoms with Gasteiger partial charge in [-0.15, -0.1) is 0 Å². The average Bonchev–Trinajstić information content (AvgIpc) is 3.26. The zero-order chi connectivity index (χ0) is 19.9. The Morgan fingerprint density at radius 3 is 2.61 bits per heavy atom. The van der Waals surface area contributed by atoms with E-state index >= 15 is 0 Å². The number of carbonyl (C=O) groups excluding carboxylic acids is 1. The molecular weight excluding hydrogens is 373 g/mol. The molecule has 142 valence electrons. The summed E-state index contributed by atoms with van der Waals surface area (Å²) in [5.41, 5.74) is 0.0946. The minimum atomic E-state index is -4.53. The molecule has 1 amide bonds. The Balaban J connectivity index is 1.76. The number of anilines is 1. The molecule has 28 heavy (non-hydrogen) atoms. The van der Waals surface area contributed by atoms with Crippen molar-refractivity contribution in [2.45, 2.75) is 6.18 Å². The molecule has 0 bridgehead atoms. The zero-order valence-corrected chi connectivity index (χ0v) is 14.5. The van der Waals surface area contributed by atoms with E-state index in [1.807, 2.05) is 0 Å². The maximum Gasteiger partial charge on any atom is 0.417 e. The number of aryl methyl sites for hydroxylation is 1. The van der Waals surface area contributed by atoms with Crippen molar-refractivity contribution in [1.82, 2.24) is 24.4 Å². The highest BCUT2D eigenvalue weighted by atomic mass is 19.4. The van der Waals surface area contributed by atoms with E-state index in [2.05, 4.69) is 20.5 Å². The molecule has 0 aliphatic heterocycles. The van der Waals surface area contributed by atoms with Crippen molar-refractivity contribution in [3.05, 3.63) is 66.2 Å². The third-order valence-electron chi connectivity index (χ3n) is 4.07. The first-order valence-corrected chi connectivity index (χ1v) is 8.14. The first-order valence-electron chi connectivity index (χ1n) is 8.14. The summed E-state index contributed by atoms with van der Waals surface area (Å²) < 4.78 is 42.7. The van der Waals surface area contributed by atoms with Gasteiger partial charge in [-0.05, 0) is 18.2 Å². The van der Waals surface area contributed by atoms with Crippen molar-refractivity contribution in [2.24, 2.45) is 7.05 Å². The lowest BCUT2D eigenvalue weighted by atomic mass is 10.0. The topological polar surface area (TPSA) is 77.1 Å². The molecule has 0 saturated heterocycles. The zero-order valence-electron chi connectivity index (χ0n) is 14.5. The molecule has 0 unspecified atom stereocenters. The highest BCUT2D eigenvalue weighted by Gasteiger charge is 2.33. The van der Waals surface area contributed by atoms with Crippen molar-refractivity contribution in [3.63, 3.8) is 0 Å². The number of benzene rings is 1. The van der Waals surface area contributed by atoms with E-state index in [-0.39, 0.29) is 17.0 Å². The summed E-state index contributed by atoms with van der Waals surface area (Å²) in [6.45, 7) is 0. The summed E-state index contributed by atoms with van der Waals surface area (Å²) in [7, 11) is 1.70. The van der Waals surface area contributed by atoms with Crippen LogP contribution in [-0.2, 0) is 13.2 Å². The number of imidazole rings is 1. The number of fused-ring (bicyclic) bond motifs is 1. The lowest BCUT2D eigenvalue weighted by Gasteiger charge is -2.12. The molecule has 7 nitrogen and oxygen atoms in total. The summed E-state index contributed by atoms with van der Waals surface area (Å²) in [5, 5.41) is 10.8. The van der Waals surface area contributed by atoms with Gasteiger partial charge in [0.05, 0.1) is 29.3 Å². The fourth-order valence-corrected chi connectivity index (χ4v) is 2.81. The number of nitrogens with zero attached hydrogens (tertiary/aromatic N) is 5. The van der Waals surface area contributed by atoms with Crippen molar-refractivity contribution in [1.29, 1.82) is 0 Å². The number of halogens is 3. The van der Waals surface area contributed by atoms with Crippen LogP contribution in [0.5, 0.6) is 0 Å². The highest BCUT2D eigenvalue weighted by molar-refractivity contribution is 6.03. The molecule has 0 fully saturated rings. The maximum atomic E-state index is 13.3. The summed E-state index contributed by atoms with van der Waals surface area (Å²) in [5.74, 6) is -0.505. The number of carbonyl (C=O) groups is 1. The van der Waals surface area contributed by atoms with Crippen molar-refractivity contribution in [2.75, 3.05) is 5.32 Å². The van der Waals surface area contributed by atoms with Gasteiger partial charge >= 0.3 is 6.18 Å².